The molecule has 15 heavy (non-hydrogen) atoms. The summed E-state index contributed by atoms with van der Waals surface area (Å²) in [7, 11) is 2.00. The fraction of sp³-hybridized carbons (Fsp3) is 0.727. The Morgan fingerprint density at radius 1 is 1.53 bits per heavy atom. The van der Waals surface area contributed by atoms with Crippen molar-refractivity contribution in [2.24, 2.45) is 0 Å². The second-order valence-corrected chi connectivity index (χ2v) is 4.88. The third-order valence-corrected chi connectivity index (χ3v) is 3.36. The molecular formula is C11H21N3S. The lowest BCUT2D eigenvalue weighted by molar-refractivity contribution is 0.575. The SMILES string of the molecule is CCSCCn1cc(C(CC)NC)cn1. The third-order valence-electron chi connectivity index (χ3n) is 2.48. The topological polar surface area (TPSA) is 29.9 Å². The quantitative estimate of drug-likeness (QED) is 0.725. The lowest BCUT2D eigenvalue weighted by Crippen LogP contribution is -2.14. The molecule has 0 saturated carbocycles. The average Bonchev–Trinajstić information content (AvgIpc) is 2.69. The molecule has 1 aromatic rings. The zero-order valence-corrected chi connectivity index (χ0v) is 10.7. The van der Waals surface area contributed by atoms with Gasteiger partial charge in [-0.25, -0.2) is 0 Å². The Morgan fingerprint density at radius 3 is 2.93 bits per heavy atom. The highest BCUT2D eigenvalue weighted by molar-refractivity contribution is 7.99. The number of hydrogen-bond donors (Lipinski definition) is 1. The van der Waals surface area contributed by atoms with Crippen LogP contribution in [0.3, 0.4) is 0 Å². The van der Waals surface area contributed by atoms with E-state index in [0.29, 0.717) is 6.04 Å². The van der Waals surface area contributed by atoms with Gasteiger partial charge in [0.25, 0.3) is 0 Å². The summed E-state index contributed by atoms with van der Waals surface area (Å²) in [6.45, 7) is 5.39. The van der Waals surface area contributed by atoms with Gasteiger partial charge in [-0.15, -0.1) is 0 Å². The number of aryl methyl sites for hydroxylation is 1. The number of rotatable bonds is 7. The van der Waals surface area contributed by atoms with Gasteiger partial charge < -0.3 is 5.32 Å². The summed E-state index contributed by atoms with van der Waals surface area (Å²) in [5.41, 5.74) is 1.29. The van der Waals surface area contributed by atoms with Gasteiger partial charge in [0.15, 0.2) is 0 Å². The molecule has 1 rings (SSSR count). The van der Waals surface area contributed by atoms with Crippen LogP contribution in [0.5, 0.6) is 0 Å². The van der Waals surface area contributed by atoms with Crippen LogP contribution in [0.2, 0.25) is 0 Å². The molecule has 86 valence electrons. The summed E-state index contributed by atoms with van der Waals surface area (Å²) in [6, 6.07) is 0.442. The molecule has 3 nitrogen and oxygen atoms in total. The van der Waals surface area contributed by atoms with E-state index < -0.39 is 0 Å². The summed E-state index contributed by atoms with van der Waals surface area (Å²) in [6.07, 6.45) is 5.23. The van der Waals surface area contributed by atoms with Crippen LogP contribution >= 0.6 is 11.8 Å². The first-order valence-electron chi connectivity index (χ1n) is 5.59. The molecule has 0 amide bonds. The molecule has 0 fully saturated rings. The maximum absolute atomic E-state index is 4.37. The number of nitrogens with one attached hydrogen (secondary N) is 1. The second-order valence-electron chi connectivity index (χ2n) is 3.48. The molecule has 0 bridgehead atoms. The number of hydrogen-bond acceptors (Lipinski definition) is 3. The van der Waals surface area contributed by atoms with Crippen LogP contribution in [0.15, 0.2) is 12.4 Å². The maximum atomic E-state index is 4.37. The van der Waals surface area contributed by atoms with Crippen molar-refractivity contribution in [3.8, 4) is 0 Å². The molecule has 0 radical (unpaired) electrons. The summed E-state index contributed by atoms with van der Waals surface area (Å²) in [4.78, 5) is 0. The van der Waals surface area contributed by atoms with Gasteiger partial charge in [0.05, 0.1) is 6.20 Å². The molecule has 1 atom stereocenters. The molecular weight excluding hydrogens is 206 g/mol. The van der Waals surface area contributed by atoms with Gasteiger partial charge in [-0.2, -0.15) is 16.9 Å². The highest BCUT2D eigenvalue weighted by Gasteiger charge is 2.08. The Kier molecular flexibility index (Phi) is 5.79. The molecule has 0 aliphatic carbocycles. The molecule has 1 N–H and O–H groups in total. The summed E-state index contributed by atoms with van der Waals surface area (Å²) in [5.74, 6) is 2.33. The molecule has 0 aromatic carbocycles. The van der Waals surface area contributed by atoms with E-state index in [2.05, 4.69) is 30.5 Å². The highest BCUT2D eigenvalue weighted by Crippen LogP contribution is 2.14. The minimum Gasteiger partial charge on any atom is -0.313 e. The van der Waals surface area contributed by atoms with Crippen molar-refractivity contribution in [3.63, 3.8) is 0 Å². The fourth-order valence-electron chi connectivity index (χ4n) is 1.59. The van der Waals surface area contributed by atoms with Crippen LogP contribution in [0, 0.1) is 0 Å². The first-order chi connectivity index (χ1) is 7.31. The van der Waals surface area contributed by atoms with Crippen LogP contribution < -0.4 is 5.32 Å². The Bertz CT molecular complexity index is 269. The molecule has 0 spiro atoms. The van der Waals surface area contributed by atoms with E-state index in [0.717, 1.165) is 18.7 Å². The van der Waals surface area contributed by atoms with Crippen molar-refractivity contribution in [1.29, 1.82) is 0 Å². The molecule has 4 heteroatoms. The zero-order valence-electron chi connectivity index (χ0n) is 9.86. The first-order valence-corrected chi connectivity index (χ1v) is 6.74. The molecule has 0 aliphatic heterocycles. The van der Waals surface area contributed by atoms with Gasteiger partial charge in [-0.3, -0.25) is 4.68 Å². The Hall–Kier alpha value is -0.480. The van der Waals surface area contributed by atoms with Crippen LogP contribution in [-0.2, 0) is 6.54 Å². The lowest BCUT2D eigenvalue weighted by Gasteiger charge is -2.10. The van der Waals surface area contributed by atoms with E-state index in [1.807, 2.05) is 29.7 Å². The van der Waals surface area contributed by atoms with Crippen LogP contribution in [0.4, 0.5) is 0 Å². The van der Waals surface area contributed by atoms with E-state index in [4.69, 9.17) is 0 Å². The van der Waals surface area contributed by atoms with E-state index in [1.54, 1.807) is 0 Å². The standard InChI is InChI=1S/C11H21N3S/c1-4-11(12-3)10-8-13-14(9-10)6-7-15-5-2/h8-9,11-12H,4-7H2,1-3H3. The normalized spacial score (nSPS) is 13.0. The van der Waals surface area contributed by atoms with Gasteiger partial charge in [-0.05, 0) is 19.2 Å². The van der Waals surface area contributed by atoms with Crippen molar-refractivity contribution >= 4 is 11.8 Å². The third kappa shape index (κ3) is 3.87. The summed E-state index contributed by atoms with van der Waals surface area (Å²) < 4.78 is 2.04. The molecule has 1 aromatic heterocycles. The first kappa shape index (κ1) is 12.6. The van der Waals surface area contributed by atoms with Gasteiger partial charge in [0, 0.05) is 30.1 Å². The molecule has 0 aliphatic rings. The molecule has 1 heterocycles. The minimum atomic E-state index is 0.442. The van der Waals surface area contributed by atoms with E-state index in [9.17, 15) is 0 Å². The summed E-state index contributed by atoms with van der Waals surface area (Å²) in [5, 5.41) is 7.66. The zero-order chi connectivity index (χ0) is 11.1. The number of aromatic nitrogens is 2. The van der Waals surface area contributed by atoms with Crippen LogP contribution in [-0.4, -0.2) is 28.3 Å². The average molecular weight is 227 g/mol. The van der Waals surface area contributed by atoms with Crippen molar-refractivity contribution in [3.05, 3.63) is 18.0 Å². The molecule has 1 unspecified atom stereocenters. The minimum absolute atomic E-state index is 0.442. The van der Waals surface area contributed by atoms with Crippen molar-refractivity contribution < 1.29 is 0 Å². The Morgan fingerprint density at radius 2 is 2.33 bits per heavy atom. The maximum Gasteiger partial charge on any atom is 0.0537 e. The van der Waals surface area contributed by atoms with E-state index in [-0.39, 0.29) is 0 Å². The van der Waals surface area contributed by atoms with E-state index >= 15 is 0 Å². The van der Waals surface area contributed by atoms with Gasteiger partial charge in [0.2, 0.25) is 0 Å². The van der Waals surface area contributed by atoms with Crippen molar-refractivity contribution in [2.75, 3.05) is 18.6 Å². The summed E-state index contributed by atoms with van der Waals surface area (Å²) >= 11 is 1.96. The monoisotopic (exact) mass is 227 g/mol. The fourth-order valence-corrected chi connectivity index (χ4v) is 2.20. The Balaban J connectivity index is 2.47. The van der Waals surface area contributed by atoms with Gasteiger partial charge in [0.1, 0.15) is 0 Å². The Labute approximate surface area is 96.6 Å². The van der Waals surface area contributed by atoms with Crippen molar-refractivity contribution in [2.45, 2.75) is 32.9 Å². The number of thioether (sulfide) groups is 1. The largest absolute Gasteiger partial charge is 0.313 e. The van der Waals surface area contributed by atoms with Crippen LogP contribution in [0.25, 0.3) is 0 Å². The number of nitrogens with zero attached hydrogens (tertiary/aromatic N) is 2. The lowest BCUT2D eigenvalue weighted by atomic mass is 10.1. The smallest absolute Gasteiger partial charge is 0.0537 e. The predicted molar refractivity (Wildman–Crippen MR) is 67.3 cm³/mol. The second kappa shape index (κ2) is 6.90. The van der Waals surface area contributed by atoms with Crippen molar-refractivity contribution in [1.82, 2.24) is 15.1 Å². The molecule has 0 saturated heterocycles. The van der Waals surface area contributed by atoms with Crippen LogP contribution in [0.1, 0.15) is 31.9 Å². The van der Waals surface area contributed by atoms with E-state index in [1.165, 1.54) is 11.3 Å². The predicted octanol–water partition coefficient (Wildman–Crippen LogP) is 2.31. The van der Waals surface area contributed by atoms with Gasteiger partial charge in [-0.1, -0.05) is 13.8 Å². The van der Waals surface area contributed by atoms with Gasteiger partial charge >= 0.3 is 0 Å². The highest BCUT2D eigenvalue weighted by atomic mass is 32.2.